The van der Waals surface area contributed by atoms with Crippen molar-refractivity contribution in [1.29, 1.82) is 0 Å². The molecule has 76 valence electrons. The van der Waals surface area contributed by atoms with Crippen molar-refractivity contribution in [2.75, 3.05) is 27.4 Å². The van der Waals surface area contributed by atoms with Crippen molar-refractivity contribution in [3.8, 4) is 0 Å². The highest BCUT2D eigenvalue weighted by atomic mass is 16.5. The van der Waals surface area contributed by atoms with Crippen LogP contribution in [0.25, 0.3) is 0 Å². The van der Waals surface area contributed by atoms with Crippen LogP contribution in [0, 0.1) is 0 Å². The molecule has 0 aliphatic carbocycles. The van der Waals surface area contributed by atoms with E-state index in [1.165, 1.54) is 26.5 Å². The van der Waals surface area contributed by atoms with Crippen LogP contribution in [0.2, 0.25) is 0 Å². The van der Waals surface area contributed by atoms with Gasteiger partial charge in [-0.3, -0.25) is 0 Å². The fourth-order valence-corrected chi connectivity index (χ4v) is 0.675. The first-order valence-corrected chi connectivity index (χ1v) is 3.85. The summed E-state index contributed by atoms with van der Waals surface area (Å²) in [5, 5.41) is 11.6. The Morgan fingerprint density at radius 3 is 2.77 bits per heavy atom. The molecule has 13 heavy (non-hydrogen) atoms. The number of carbonyl (C=O) groups excluding carboxylic acids is 1. The minimum Gasteiger partial charge on any atom is -0.466 e. The van der Waals surface area contributed by atoms with Gasteiger partial charge >= 0.3 is 5.97 Å². The van der Waals surface area contributed by atoms with Gasteiger partial charge in [-0.25, -0.2) is 4.79 Å². The highest BCUT2D eigenvalue weighted by Crippen LogP contribution is 1.84. The van der Waals surface area contributed by atoms with Crippen LogP contribution in [0.15, 0.2) is 12.3 Å². The van der Waals surface area contributed by atoms with Gasteiger partial charge in [0, 0.05) is 19.4 Å². The largest absolute Gasteiger partial charge is 0.466 e. The summed E-state index contributed by atoms with van der Waals surface area (Å²) in [6.45, 7) is 0.321. The Kier molecular flexibility index (Phi) is 6.95. The monoisotopic (exact) mass is 189 g/mol. The van der Waals surface area contributed by atoms with Crippen molar-refractivity contribution >= 4 is 5.97 Å². The number of carbonyl (C=O) groups is 1. The van der Waals surface area contributed by atoms with E-state index in [0.717, 1.165) is 0 Å². The van der Waals surface area contributed by atoms with Crippen LogP contribution in [0.5, 0.6) is 0 Å². The van der Waals surface area contributed by atoms with Gasteiger partial charge in [0.05, 0.1) is 26.4 Å². The van der Waals surface area contributed by atoms with Crippen LogP contribution in [0.3, 0.4) is 0 Å². The Bertz CT molecular complexity index is 170. The van der Waals surface area contributed by atoms with Crippen LogP contribution in [0.4, 0.5) is 0 Å². The lowest BCUT2D eigenvalue weighted by Crippen LogP contribution is -2.32. The van der Waals surface area contributed by atoms with Crippen molar-refractivity contribution in [2.45, 2.75) is 6.04 Å². The molecule has 0 aromatic carbocycles. The third-order valence-corrected chi connectivity index (χ3v) is 1.34. The lowest BCUT2D eigenvalue weighted by Gasteiger charge is -2.12. The number of esters is 1. The van der Waals surface area contributed by atoms with Gasteiger partial charge in [-0.1, -0.05) is 0 Å². The molecule has 0 saturated heterocycles. The van der Waals surface area contributed by atoms with Gasteiger partial charge in [-0.15, -0.1) is 0 Å². The Morgan fingerprint density at radius 1 is 1.62 bits per heavy atom. The first-order chi connectivity index (χ1) is 6.24. The van der Waals surface area contributed by atoms with E-state index >= 15 is 0 Å². The van der Waals surface area contributed by atoms with E-state index in [0.29, 0.717) is 6.61 Å². The molecule has 0 fully saturated rings. The van der Waals surface area contributed by atoms with E-state index in [4.69, 9.17) is 9.84 Å². The molecule has 5 nitrogen and oxygen atoms in total. The summed E-state index contributed by atoms with van der Waals surface area (Å²) >= 11 is 0. The average Bonchev–Trinajstić information content (AvgIpc) is 2.16. The number of aliphatic hydroxyl groups is 1. The first-order valence-electron chi connectivity index (χ1n) is 3.85. The fourth-order valence-electron chi connectivity index (χ4n) is 0.675. The summed E-state index contributed by atoms with van der Waals surface area (Å²) in [5.41, 5.74) is 0. The third-order valence-electron chi connectivity index (χ3n) is 1.34. The maximum absolute atomic E-state index is 10.6. The van der Waals surface area contributed by atoms with E-state index in [-0.39, 0.29) is 12.6 Å². The molecule has 0 aliphatic rings. The molecular weight excluding hydrogens is 174 g/mol. The minimum absolute atomic E-state index is 0.0562. The van der Waals surface area contributed by atoms with E-state index in [1.54, 1.807) is 0 Å². The average molecular weight is 189 g/mol. The van der Waals surface area contributed by atoms with Gasteiger partial charge in [0.25, 0.3) is 0 Å². The number of methoxy groups -OCH3 is 2. The molecule has 1 atom stereocenters. The zero-order chi connectivity index (χ0) is 10.1. The fraction of sp³-hybridized carbons (Fsp3) is 0.625. The van der Waals surface area contributed by atoms with Crippen LogP contribution < -0.4 is 5.32 Å². The van der Waals surface area contributed by atoms with Crippen molar-refractivity contribution in [2.24, 2.45) is 0 Å². The second kappa shape index (κ2) is 7.57. The smallest absolute Gasteiger partial charge is 0.331 e. The van der Waals surface area contributed by atoms with Crippen molar-refractivity contribution < 1.29 is 19.4 Å². The van der Waals surface area contributed by atoms with Crippen LogP contribution in [-0.2, 0) is 14.3 Å². The zero-order valence-electron chi connectivity index (χ0n) is 7.82. The van der Waals surface area contributed by atoms with Gasteiger partial charge in [0.2, 0.25) is 0 Å². The molecule has 0 aliphatic heterocycles. The second-order valence-electron chi connectivity index (χ2n) is 2.36. The molecule has 0 aromatic rings. The lowest BCUT2D eigenvalue weighted by molar-refractivity contribution is -0.134. The predicted octanol–water partition coefficient (Wildman–Crippen LogP) is -0.730. The summed E-state index contributed by atoms with van der Waals surface area (Å²) < 4.78 is 9.17. The van der Waals surface area contributed by atoms with Gasteiger partial charge in [-0.05, 0) is 0 Å². The minimum atomic E-state index is -0.443. The maximum atomic E-state index is 10.6. The summed E-state index contributed by atoms with van der Waals surface area (Å²) in [4.78, 5) is 10.6. The van der Waals surface area contributed by atoms with Gasteiger partial charge < -0.3 is 19.9 Å². The van der Waals surface area contributed by atoms with Crippen LogP contribution in [0.1, 0.15) is 0 Å². The van der Waals surface area contributed by atoms with Crippen molar-refractivity contribution in [3.63, 3.8) is 0 Å². The number of ether oxygens (including phenoxy) is 2. The number of rotatable bonds is 6. The van der Waals surface area contributed by atoms with E-state index in [2.05, 4.69) is 10.1 Å². The molecule has 0 amide bonds. The second-order valence-corrected chi connectivity index (χ2v) is 2.36. The molecule has 0 heterocycles. The highest BCUT2D eigenvalue weighted by molar-refractivity contribution is 5.81. The molecule has 0 rings (SSSR count). The Morgan fingerprint density at radius 2 is 2.31 bits per heavy atom. The van der Waals surface area contributed by atoms with E-state index < -0.39 is 5.97 Å². The summed E-state index contributed by atoms with van der Waals surface area (Å²) in [6.07, 6.45) is 2.66. The number of hydrogen-bond donors (Lipinski definition) is 2. The quantitative estimate of drug-likeness (QED) is 0.426. The molecule has 2 N–H and O–H groups in total. The third kappa shape index (κ3) is 6.12. The van der Waals surface area contributed by atoms with Crippen molar-refractivity contribution in [1.82, 2.24) is 5.32 Å². The summed E-state index contributed by atoms with van der Waals surface area (Å²) in [5.74, 6) is -0.443. The normalized spacial score (nSPS) is 12.8. The summed E-state index contributed by atoms with van der Waals surface area (Å²) in [6, 6.07) is -0.203. The Balaban J connectivity index is 3.70. The van der Waals surface area contributed by atoms with Gasteiger partial charge in [0.15, 0.2) is 0 Å². The predicted molar refractivity (Wildman–Crippen MR) is 47.0 cm³/mol. The molecule has 0 radical (unpaired) electrons. The molecule has 0 aromatic heterocycles. The van der Waals surface area contributed by atoms with Gasteiger partial charge in [-0.2, -0.15) is 0 Å². The van der Waals surface area contributed by atoms with Gasteiger partial charge in [0.1, 0.15) is 0 Å². The first kappa shape index (κ1) is 11.9. The lowest BCUT2D eigenvalue weighted by atomic mass is 10.3. The van der Waals surface area contributed by atoms with E-state index in [1.807, 2.05) is 0 Å². The SMILES string of the molecule is COCC(CO)N/C=C/C(=O)OC. The molecule has 0 spiro atoms. The standard InChI is InChI=1S/C8H15NO4/c1-12-6-7(5-10)9-4-3-8(11)13-2/h3-4,7,9-10H,5-6H2,1-2H3/b4-3+. The maximum Gasteiger partial charge on any atom is 0.331 e. The summed E-state index contributed by atoms with van der Waals surface area (Å²) in [7, 11) is 2.83. The number of hydrogen-bond acceptors (Lipinski definition) is 5. The molecule has 0 saturated carbocycles. The molecule has 1 unspecified atom stereocenters. The highest BCUT2D eigenvalue weighted by Gasteiger charge is 2.02. The molecule has 0 bridgehead atoms. The van der Waals surface area contributed by atoms with Crippen LogP contribution in [-0.4, -0.2) is 44.6 Å². The van der Waals surface area contributed by atoms with E-state index in [9.17, 15) is 4.79 Å². The Labute approximate surface area is 77.3 Å². The van der Waals surface area contributed by atoms with Crippen molar-refractivity contribution in [3.05, 3.63) is 12.3 Å². The van der Waals surface area contributed by atoms with Crippen LogP contribution >= 0.6 is 0 Å². The zero-order valence-corrected chi connectivity index (χ0v) is 7.82. The Hall–Kier alpha value is -1.07. The topological polar surface area (TPSA) is 67.8 Å². The molecule has 5 heteroatoms. The number of aliphatic hydroxyl groups excluding tert-OH is 1. The molecular formula is C8H15NO4. The number of nitrogens with one attached hydrogen (secondary N) is 1.